The van der Waals surface area contributed by atoms with Crippen molar-refractivity contribution in [1.29, 1.82) is 0 Å². The van der Waals surface area contributed by atoms with Crippen molar-refractivity contribution < 1.29 is 30.3 Å². The Bertz CT molecular complexity index is 992. The molecule has 3 aromatic rings. The van der Waals surface area contributed by atoms with Gasteiger partial charge in [-0.05, 0) is 79.5 Å². The van der Waals surface area contributed by atoms with Gasteiger partial charge in [0.1, 0.15) is 5.01 Å². The van der Waals surface area contributed by atoms with Gasteiger partial charge >= 0.3 is 0 Å². The topological polar surface area (TPSA) is 66.2 Å². The minimum absolute atomic E-state index is 0. The Balaban J connectivity index is 0.000000187. The van der Waals surface area contributed by atoms with Crippen LogP contribution in [0.3, 0.4) is 0 Å². The minimum atomic E-state index is -0.282. The molecule has 4 nitrogen and oxygen atoms in total. The van der Waals surface area contributed by atoms with Gasteiger partial charge in [0.2, 0.25) is 0 Å². The molecule has 6 heteroatoms. The second kappa shape index (κ2) is 12.2. The summed E-state index contributed by atoms with van der Waals surface area (Å²) in [5, 5.41) is 22.1. The smallest absolute Gasteiger partial charge is 0.143 e. The molecule has 2 aliphatic carbocycles. The molecule has 4 unspecified atom stereocenters. The predicted octanol–water partition coefficient (Wildman–Crippen LogP) is 6.43. The van der Waals surface area contributed by atoms with Gasteiger partial charge in [-0.25, -0.2) is 4.98 Å². The van der Waals surface area contributed by atoms with Crippen molar-refractivity contribution in [2.75, 3.05) is 0 Å². The van der Waals surface area contributed by atoms with Crippen molar-refractivity contribution in [1.82, 2.24) is 9.97 Å². The molecule has 0 aliphatic heterocycles. The number of para-hydroxylation sites is 1. The second-order valence-corrected chi connectivity index (χ2v) is 11.7. The van der Waals surface area contributed by atoms with Gasteiger partial charge in [-0.2, -0.15) is 0 Å². The van der Waals surface area contributed by atoms with Crippen LogP contribution >= 0.6 is 11.3 Å². The van der Waals surface area contributed by atoms with Crippen LogP contribution in [0, 0.1) is 35.5 Å². The first kappa shape index (κ1) is 27.4. The normalized spacial score (nSPS) is 28.4. The van der Waals surface area contributed by atoms with Crippen LogP contribution in [0.1, 0.15) is 53.4 Å². The number of pyridine rings is 1. The summed E-state index contributed by atoms with van der Waals surface area (Å²) in [6.07, 6.45) is 5.82. The monoisotopic (exact) mass is 659 g/mol. The molecule has 2 N–H and O–H groups in total. The molecule has 34 heavy (non-hydrogen) atoms. The van der Waals surface area contributed by atoms with Crippen molar-refractivity contribution in [3.8, 4) is 10.7 Å². The fraction of sp³-hybridized carbons (Fsp3) is 0.571. The molecular formula is C28H38IrN2O2S. The molecule has 2 heterocycles. The number of nitrogens with zero attached hydrogens (tertiary/aromatic N) is 2. The Kier molecular flexibility index (Phi) is 9.83. The first-order chi connectivity index (χ1) is 15.8. The van der Waals surface area contributed by atoms with Crippen LogP contribution in [0.4, 0.5) is 0 Å². The number of aromatic nitrogens is 2. The molecule has 1 radical (unpaired) electrons. The molecule has 1 aromatic carbocycles. The van der Waals surface area contributed by atoms with Crippen molar-refractivity contribution >= 4 is 21.6 Å². The number of benzene rings is 1. The average Bonchev–Trinajstić information content (AvgIpc) is 3.36. The Morgan fingerprint density at radius 3 is 2.35 bits per heavy atom. The summed E-state index contributed by atoms with van der Waals surface area (Å²) in [6.45, 7) is 8.84. The summed E-state index contributed by atoms with van der Waals surface area (Å²) in [5.74, 6) is 2.68. The van der Waals surface area contributed by atoms with Crippen LogP contribution in [0.2, 0.25) is 0 Å². The number of hydrogen-bond donors (Lipinski definition) is 2. The van der Waals surface area contributed by atoms with Gasteiger partial charge in [0, 0.05) is 32.2 Å². The maximum atomic E-state index is 10.6. The van der Waals surface area contributed by atoms with E-state index in [1.807, 2.05) is 36.4 Å². The molecule has 2 aliphatic rings. The van der Waals surface area contributed by atoms with Crippen LogP contribution in [0.5, 0.6) is 0 Å². The largest absolute Gasteiger partial charge is 0.392 e. The van der Waals surface area contributed by atoms with Crippen LogP contribution in [-0.2, 0) is 20.1 Å². The van der Waals surface area contributed by atoms with Crippen molar-refractivity contribution in [2.45, 2.75) is 65.6 Å². The first-order valence-corrected chi connectivity index (χ1v) is 13.3. The Morgan fingerprint density at radius 1 is 0.971 bits per heavy atom. The Labute approximate surface area is 221 Å². The van der Waals surface area contributed by atoms with Gasteiger partial charge in [0.05, 0.1) is 28.1 Å². The molecule has 0 bridgehead atoms. The summed E-state index contributed by atoms with van der Waals surface area (Å²) in [5.41, 5.74) is 1.99. The van der Waals surface area contributed by atoms with Crippen molar-refractivity contribution in [3.63, 3.8) is 0 Å². The summed E-state index contributed by atoms with van der Waals surface area (Å²) in [4.78, 5) is 8.83. The van der Waals surface area contributed by atoms with Gasteiger partial charge in [-0.3, -0.25) is 4.98 Å². The van der Waals surface area contributed by atoms with Crippen LogP contribution < -0.4 is 0 Å². The van der Waals surface area contributed by atoms with Crippen LogP contribution in [0.15, 0.2) is 48.7 Å². The van der Waals surface area contributed by atoms with E-state index in [2.05, 4.69) is 43.7 Å². The molecule has 2 fully saturated rings. The first-order valence-electron chi connectivity index (χ1n) is 12.5. The van der Waals surface area contributed by atoms with E-state index in [9.17, 15) is 10.2 Å². The molecule has 0 amide bonds. The third-order valence-corrected chi connectivity index (χ3v) is 8.60. The zero-order chi connectivity index (χ0) is 23.5. The fourth-order valence-corrected chi connectivity index (χ4v) is 6.91. The number of aliphatic hydroxyl groups excluding tert-OH is 2. The number of rotatable bonds is 4. The number of aliphatic hydroxyl groups is 2. The average molecular weight is 659 g/mol. The molecule has 0 spiro atoms. The van der Waals surface area contributed by atoms with Crippen LogP contribution in [-0.4, -0.2) is 32.4 Å². The van der Waals surface area contributed by atoms with Crippen molar-refractivity contribution in [3.05, 3.63) is 48.7 Å². The molecule has 2 saturated carbocycles. The van der Waals surface area contributed by atoms with E-state index in [4.69, 9.17) is 0 Å². The minimum Gasteiger partial charge on any atom is -0.392 e. The molecule has 2 aromatic heterocycles. The number of thiazole rings is 1. The second-order valence-electron chi connectivity index (χ2n) is 10.6. The molecule has 187 valence electrons. The van der Waals surface area contributed by atoms with E-state index >= 15 is 0 Å². The Morgan fingerprint density at radius 2 is 1.71 bits per heavy atom. The predicted molar refractivity (Wildman–Crippen MR) is 137 cm³/mol. The van der Waals surface area contributed by atoms with Crippen molar-refractivity contribution in [2.24, 2.45) is 35.5 Å². The van der Waals surface area contributed by atoms with E-state index in [0.717, 1.165) is 35.5 Å². The standard InChI is InChI=1S/C16H30O2.C12H8N2S.Ir/c1-9(2)7-12-8-11-5-6-13(10(3)4)16(18)14(11)15(12)17;1-2-7-11-9(5-1)14-12(15-11)10-6-3-4-8-13-10;/h9-18H,5-8H2,1-4H3;1-8H;/t11?,12-,13+,14?,15?,16?;;/m0../s1. The quantitative estimate of drug-likeness (QED) is 0.339. The third-order valence-electron chi connectivity index (χ3n) is 7.54. The van der Waals surface area contributed by atoms with Gasteiger partial charge < -0.3 is 10.2 Å². The van der Waals surface area contributed by atoms with Gasteiger partial charge in [0.15, 0.2) is 0 Å². The van der Waals surface area contributed by atoms with Gasteiger partial charge in [0.25, 0.3) is 0 Å². The van der Waals surface area contributed by atoms with E-state index in [1.54, 1.807) is 17.5 Å². The Hall–Kier alpha value is -1.17. The summed E-state index contributed by atoms with van der Waals surface area (Å²) in [6, 6.07) is 14.0. The summed E-state index contributed by atoms with van der Waals surface area (Å²) in [7, 11) is 0. The molecule has 6 atom stereocenters. The maximum absolute atomic E-state index is 10.6. The van der Waals surface area contributed by atoms with E-state index in [0.29, 0.717) is 29.6 Å². The molecular weight excluding hydrogens is 621 g/mol. The summed E-state index contributed by atoms with van der Waals surface area (Å²) >= 11 is 1.68. The van der Waals surface area contributed by atoms with E-state index in [-0.39, 0.29) is 38.2 Å². The maximum Gasteiger partial charge on any atom is 0.143 e. The molecule has 0 saturated heterocycles. The SMILES string of the molecule is CC(C)C[C@H]1CC2CC[C@H](C(C)C)C(O)C2C1O.[Ir].c1ccc(-c2nc3ccccc3s2)nc1. The zero-order valence-corrected chi connectivity index (χ0v) is 23.8. The van der Waals surface area contributed by atoms with E-state index in [1.165, 1.54) is 11.1 Å². The number of fused-ring (bicyclic) bond motifs is 2. The van der Waals surface area contributed by atoms with E-state index < -0.39 is 0 Å². The fourth-order valence-electron chi connectivity index (χ4n) is 5.97. The van der Waals surface area contributed by atoms with Gasteiger partial charge in [-0.15, -0.1) is 11.3 Å². The van der Waals surface area contributed by atoms with Gasteiger partial charge in [-0.1, -0.05) is 45.9 Å². The third kappa shape index (κ3) is 6.14. The van der Waals surface area contributed by atoms with Crippen LogP contribution in [0.25, 0.3) is 20.9 Å². The molecule has 5 rings (SSSR count). The number of hydrogen-bond acceptors (Lipinski definition) is 5. The zero-order valence-electron chi connectivity index (χ0n) is 20.6. The summed E-state index contributed by atoms with van der Waals surface area (Å²) < 4.78 is 1.21.